The van der Waals surface area contributed by atoms with Crippen molar-refractivity contribution >= 4 is 0 Å². The zero-order valence-corrected chi connectivity index (χ0v) is 11.7. The van der Waals surface area contributed by atoms with Crippen molar-refractivity contribution in [2.24, 2.45) is 0 Å². The number of aliphatic hydroxyl groups excluding tert-OH is 1. The highest BCUT2D eigenvalue weighted by Crippen LogP contribution is 2.27. The Labute approximate surface area is 114 Å². The topological polar surface area (TPSA) is 29.5 Å². The molecule has 0 aromatic heterocycles. The Morgan fingerprint density at radius 1 is 1.05 bits per heavy atom. The highest BCUT2D eigenvalue weighted by atomic mass is 16.5. The van der Waals surface area contributed by atoms with E-state index in [-0.39, 0.29) is 0 Å². The van der Waals surface area contributed by atoms with Gasteiger partial charge in [-0.1, -0.05) is 31.2 Å². The van der Waals surface area contributed by atoms with Crippen molar-refractivity contribution in [1.29, 1.82) is 0 Å². The predicted molar refractivity (Wildman–Crippen MR) is 77.7 cm³/mol. The molecule has 0 spiro atoms. The van der Waals surface area contributed by atoms with Gasteiger partial charge in [0.25, 0.3) is 0 Å². The van der Waals surface area contributed by atoms with E-state index in [2.05, 4.69) is 12.1 Å². The van der Waals surface area contributed by atoms with Crippen LogP contribution >= 0.6 is 0 Å². The lowest BCUT2D eigenvalue weighted by atomic mass is 10.1. The third-order valence-corrected chi connectivity index (χ3v) is 3.22. The molecule has 0 unspecified atom stereocenters. The fourth-order valence-corrected chi connectivity index (χ4v) is 1.94. The van der Waals surface area contributed by atoms with Gasteiger partial charge in [0, 0.05) is 0 Å². The largest absolute Gasteiger partial charge is 0.457 e. The Bertz CT molecular complexity index is 544. The highest BCUT2D eigenvalue weighted by Gasteiger charge is 2.06. The molecule has 2 aromatic rings. The normalized spacial score (nSPS) is 12.2. The maximum atomic E-state index is 9.75. The maximum Gasteiger partial charge on any atom is 0.130 e. The first-order valence-corrected chi connectivity index (χ1v) is 6.63. The smallest absolute Gasteiger partial charge is 0.130 e. The Balaban J connectivity index is 2.17. The average Bonchev–Trinajstić information content (AvgIpc) is 2.43. The molecule has 19 heavy (non-hydrogen) atoms. The predicted octanol–water partition coefficient (Wildman–Crippen LogP) is 4.54. The summed E-state index contributed by atoms with van der Waals surface area (Å²) in [7, 11) is 0. The van der Waals surface area contributed by atoms with Crippen LogP contribution in [0.25, 0.3) is 0 Å². The van der Waals surface area contributed by atoms with Gasteiger partial charge in [-0.2, -0.15) is 0 Å². The van der Waals surface area contributed by atoms with Gasteiger partial charge in [-0.05, 0) is 55.2 Å². The Morgan fingerprint density at radius 3 is 2.37 bits per heavy atom. The summed E-state index contributed by atoms with van der Waals surface area (Å²) in [5.41, 5.74) is 3.22. The van der Waals surface area contributed by atoms with Crippen molar-refractivity contribution in [3.8, 4) is 11.5 Å². The molecule has 2 nitrogen and oxygen atoms in total. The lowest BCUT2D eigenvalue weighted by Crippen LogP contribution is -1.95. The van der Waals surface area contributed by atoms with E-state index in [4.69, 9.17) is 4.74 Å². The first-order chi connectivity index (χ1) is 9.10. The molecule has 2 aromatic carbocycles. The van der Waals surface area contributed by atoms with E-state index in [1.807, 2.05) is 51.1 Å². The Morgan fingerprint density at radius 2 is 1.74 bits per heavy atom. The number of benzene rings is 2. The van der Waals surface area contributed by atoms with E-state index in [9.17, 15) is 5.11 Å². The van der Waals surface area contributed by atoms with Gasteiger partial charge in [-0.15, -0.1) is 0 Å². The molecule has 100 valence electrons. The van der Waals surface area contributed by atoms with E-state index in [0.29, 0.717) is 0 Å². The first-order valence-electron chi connectivity index (χ1n) is 6.63. The molecule has 0 aliphatic rings. The summed E-state index contributed by atoms with van der Waals surface area (Å²) in [6.45, 7) is 6.04. The van der Waals surface area contributed by atoms with Crippen molar-refractivity contribution in [3.63, 3.8) is 0 Å². The molecule has 0 aliphatic heterocycles. The van der Waals surface area contributed by atoms with Crippen LogP contribution in [0.4, 0.5) is 0 Å². The fourth-order valence-electron chi connectivity index (χ4n) is 1.94. The summed E-state index contributed by atoms with van der Waals surface area (Å²) in [5, 5.41) is 9.75. The first kappa shape index (κ1) is 13.6. The SMILES string of the molecule is CC[C@@H](O)c1ccc(Oc2cc(C)ccc2C)cc1. The Kier molecular flexibility index (Phi) is 4.23. The summed E-state index contributed by atoms with van der Waals surface area (Å²) in [6.07, 6.45) is 0.326. The molecule has 2 rings (SSSR count). The average molecular weight is 256 g/mol. The summed E-state index contributed by atoms with van der Waals surface area (Å²) < 4.78 is 5.88. The fraction of sp³-hybridized carbons (Fsp3) is 0.294. The number of aliphatic hydroxyl groups is 1. The van der Waals surface area contributed by atoms with Crippen LogP contribution in [0.2, 0.25) is 0 Å². The molecule has 1 N–H and O–H groups in total. The monoisotopic (exact) mass is 256 g/mol. The van der Waals surface area contributed by atoms with Gasteiger partial charge in [-0.3, -0.25) is 0 Å². The van der Waals surface area contributed by atoms with Crippen LogP contribution in [0.5, 0.6) is 11.5 Å². The molecular formula is C17H20O2. The lowest BCUT2D eigenvalue weighted by molar-refractivity contribution is 0.173. The van der Waals surface area contributed by atoms with Crippen LogP contribution in [0.15, 0.2) is 42.5 Å². The molecule has 2 heteroatoms. The van der Waals surface area contributed by atoms with E-state index in [1.54, 1.807) is 0 Å². The summed E-state index contributed by atoms with van der Waals surface area (Å²) in [4.78, 5) is 0. The molecule has 0 bridgehead atoms. The van der Waals surface area contributed by atoms with Gasteiger partial charge in [-0.25, -0.2) is 0 Å². The van der Waals surface area contributed by atoms with Gasteiger partial charge in [0.1, 0.15) is 11.5 Å². The van der Waals surface area contributed by atoms with Gasteiger partial charge in [0.05, 0.1) is 6.10 Å². The molecule has 0 amide bonds. The second-order valence-corrected chi connectivity index (χ2v) is 4.86. The number of hydrogen-bond acceptors (Lipinski definition) is 2. The highest BCUT2D eigenvalue weighted by molar-refractivity contribution is 5.40. The van der Waals surface area contributed by atoms with Gasteiger partial charge >= 0.3 is 0 Å². The van der Waals surface area contributed by atoms with Gasteiger partial charge in [0.2, 0.25) is 0 Å². The van der Waals surface area contributed by atoms with Crippen molar-refractivity contribution < 1.29 is 9.84 Å². The quantitative estimate of drug-likeness (QED) is 0.870. The second-order valence-electron chi connectivity index (χ2n) is 4.86. The molecular weight excluding hydrogens is 236 g/mol. The third kappa shape index (κ3) is 3.36. The number of hydrogen-bond donors (Lipinski definition) is 1. The van der Waals surface area contributed by atoms with Crippen molar-refractivity contribution in [2.75, 3.05) is 0 Å². The van der Waals surface area contributed by atoms with Crippen LogP contribution in [0, 0.1) is 13.8 Å². The van der Waals surface area contributed by atoms with Gasteiger partial charge < -0.3 is 9.84 Å². The lowest BCUT2D eigenvalue weighted by Gasteiger charge is -2.11. The molecule has 0 saturated heterocycles. The Hall–Kier alpha value is -1.80. The van der Waals surface area contributed by atoms with Crippen molar-refractivity contribution in [3.05, 3.63) is 59.2 Å². The molecule has 0 saturated carbocycles. The third-order valence-electron chi connectivity index (χ3n) is 3.22. The molecule has 0 radical (unpaired) electrons. The molecule has 0 heterocycles. The van der Waals surface area contributed by atoms with E-state index >= 15 is 0 Å². The van der Waals surface area contributed by atoms with E-state index < -0.39 is 6.10 Å². The number of rotatable bonds is 4. The minimum atomic E-state index is -0.394. The minimum absolute atomic E-state index is 0.394. The zero-order valence-electron chi connectivity index (χ0n) is 11.7. The summed E-state index contributed by atoms with van der Waals surface area (Å²) >= 11 is 0. The van der Waals surface area contributed by atoms with Crippen LogP contribution in [0.3, 0.4) is 0 Å². The summed E-state index contributed by atoms with van der Waals surface area (Å²) in [5.74, 6) is 1.67. The van der Waals surface area contributed by atoms with Crippen molar-refractivity contribution in [2.45, 2.75) is 33.3 Å². The molecule has 0 fully saturated rings. The summed E-state index contributed by atoms with van der Waals surface area (Å²) in [6, 6.07) is 13.8. The minimum Gasteiger partial charge on any atom is -0.457 e. The van der Waals surface area contributed by atoms with Crippen LogP contribution in [-0.4, -0.2) is 5.11 Å². The van der Waals surface area contributed by atoms with Crippen LogP contribution < -0.4 is 4.74 Å². The number of ether oxygens (including phenoxy) is 1. The second kappa shape index (κ2) is 5.89. The zero-order chi connectivity index (χ0) is 13.8. The van der Waals surface area contributed by atoms with Gasteiger partial charge in [0.15, 0.2) is 0 Å². The molecule has 0 aliphatic carbocycles. The standard InChI is InChI=1S/C17H20O2/c1-4-16(18)14-7-9-15(10-8-14)19-17-11-12(2)5-6-13(17)3/h5-11,16,18H,4H2,1-3H3/t16-/m1/s1. The van der Waals surface area contributed by atoms with Crippen molar-refractivity contribution in [1.82, 2.24) is 0 Å². The maximum absolute atomic E-state index is 9.75. The van der Waals surface area contributed by atoms with Crippen LogP contribution in [0.1, 0.15) is 36.1 Å². The van der Waals surface area contributed by atoms with E-state index in [0.717, 1.165) is 29.0 Å². The van der Waals surface area contributed by atoms with E-state index in [1.165, 1.54) is 5.56 Å². The molecule has 1 atom stereocenters. The van der Waals surface area contributed by atoms with Crippen LogP contribution in [-0.2, 0) is 0 Å². The number of aryl methyl sites for hydroxylation is 2.